The number of nitrogens with zero attached hydrogens (tertiary/aromatic N) is 6. The Labute approximate surface area is 251 Å². The van der Waals surface area contributed by atoms with Crippen LogP contribution in [0.15, 0.2) is 90.3 Å². The molecule has 1 saturated heterocycles. The summed E-state index contributed by atoms with van der Waals surface area (Å²) in [5, 5.41) is 9.98. The van der Waals surface area contributed by atoms with E-state index in [9.17, 15) is 14.0 Å². The van der Waals surface area contributed by atoms with Crippen LogP contribution in [-0.2, 0) is 9.53 Å². The highest BCUT2D eigenvalue weighted by molar-refractivity contribution is 6.20. The van der Waals surface area contributed by atoms with Gasteiger partial charge in [0.05, 0.1) is 30.7 Å². The minimum Gasteiger partial charge on any atom is -0.377 e. The van der Waals surface area contributed by atoms with Crippen LogP contribution in [0.1, 0.15) is 28.4 Å². The van der Waals surface area contributed by atoms with E-state index in [0.717, 1.165) is 12.4 Å². The first-order chi connectivity index (χ1) is 21.5. The Morgan fingerprint density at radius 2 is 1.91 bits per heavy atom. The molecule has 0 radical (unpaired) electrons. The average Bonchev–Trinajstić information content (AvgIpc) is 3.38. The number of carbonyl (C=O) groups excluding carboxylic acids is 2. The summed E-state index contributed by atoms with van der Waals surface area (Å²) in [4.78, 5) is 43.3. The van der Waals surface area contributed by atoms with Crippen LogP contribution in [0.5, 0.6) is 0 Å². The van der Waals surface area contributed by atoms with Crippen molar-refractivity contribution in [1.82, 2.24) is 24.9 Å². The Morgan fingerprint density at radius 1 is 1.05 bits per heavy atom. The van der Waals surface area contributed by atoms with Crippen LogP contribution in [0.4, 0.5) is 15.9 Å². The van der Waals surface area contributed by atoms with Gasteiger partial charge >= 0.3 is 0 Å². The van der Waals surface area contributed by atoms with E-state index >= 15 is 0 Å². The predicted molar refractivity (Wildman–Crippen MR) is 162 cm³/mol. The molecule has 5 aromatic rings. The number of amides is 2. The third-order valence-electron chi connectivity index (χ3n) is 7.64. The Kier molecular flexibility index (Phi) is 7.03. The fourth-order valence-corrected chi connectivity index (χ4v) is 5.48. The smallest absolute Gasteiger partial charge is 0.269 e. The monoisotopic (exact) mass is 590 g/mol. The van der Waals surface area contributed by atoms with Crippen molar-refractivity contribution in [2.45, 2.75) is 19.1 Å². The van der Waals surface area contributed by atoms with Crippen molar-refractivity contribution in [2.75, 3.05) is 30.0 Å². The number of hydrogen-bond acceptors (Lipinski definition) is 8. The molecule has 0 spiro atoms. The van der Waals surface area contributed by atoms with Crippen molar-refractivity contribution in [2.24, 2.45) is 4.99 Å². The number of para-hydroxylation sites is 1. The number of morpholine rings is 1. The number of anilines is 2. The van der Waals surface area contributed by atoms with E-state index in [2.05, 4.69) is 42.5 Å². The van der Waals surface area contributed by atoms with Crippen LogP contribution in [0, 0.1) is 5.82 Å². The van der Waals surface area contributed by atoms with Gasteiger partial charge in [0.2, 0.25) is 6.17 Å². The second-order valence-electron chi connectivity index (χ2n) is 10.5. The zero-order valence-electron chi connectivity index (χ0n) is 23.6. The van der Waals surface area contributed by atoms with Gasteiger partial charge in [-0.1, -0.05) is 42.5 Å². The molecule has 2 N–H and O–H groups in total. The molecule has 2 aliphatic heterocycles. The molecule has 220 valence electrons. The Hall–Kier alpha value is -5.49. The van der Waals surface area contributed by atoms with E-state index in [4.69, 9.17) is 4.74 Å². The van der Waals surface area contributed by atoms with Gasteiger partial charge in [0, 0.05) is 41.8 Å². The molecule has 12 heteroatoms. The summed E-state index contributed by atoms with van der Waals surface area (Å²) in [5.41, 5.74) is 2.80. The number of fused-ring (bicyclic) bond motifs is 2. The molecule has 0 bridgehead atoms. The van der Waals surface area contributed by atoms with Crippen molar-refractivity contribution < 1.29 is 18.7 Å². The zero-order chi connectivity index (χ0) is 30.2. The molecule has 3 aromatic heterocycles. The number of hydrogen-bond donors (Lipinski definition) is 2. The normalized spacial score (nSPS) is 18.3. The molecule has 5 heterocycles. The standard InChI is InChI=1S/C32H27FN8O3/c1-19-18-44-16-15-40(19)24-12-11-21(17-35-24)27-25(30-34-13-6-14-41(30)39-27)31(42)38-29-32(43)37-28-22(9-5-10-23(28)33)26(36-29)20-7-3-2-4-8-20/h2-14,17,19,29H,15-16,18H2,1H3,(H,37,43)(H,38,42)/t19-,29?/m0/s1. The van der Waals surface area contributed by atoms with E-state index < -0.39 is 23.8 Å². The van der Waals surface area contributed by atoms with Gasteiger partial charge in [-0.15, -0.1) is 0 Å². The Morgan fingerprint density at radius 3 is 2.70 bits per heavy atom. The highest BCUT2D eigenvalue weighted by atomic mass is 19.1. The summed E-state index contributed by atoms with van der Waals surface area (Å²) < 4.78 is 22.0. The fourth-order valence-electron chi connectivity index (χ4n) is 5.48. The molecule has 2 amide bonds. The number of benzene rings is 2. The largest absolute Gasteiger partial charge is 0.377 e. The first-order valence-corrected chi connectivity index (χ1v) is 14.2. The van der Waals surface area contributed by atoms with Gasteiger partial charge in [0.25, 0.3) is 11.8 Å². The molecule has 0 saturated carbocycles. The second-order valence-corrected chi connectivity index (χ2v) is 10.5. The van der Waals surface area contributed by atoms with Crippen molar-refractivity contribution in [3.8, 4) is 11.3 Å². The zero-order valence-corrected chi connectivity index (χ0v) is 23.6. The third kappa shape index (κ3) is 4.94. The lowest BCUT2D eigenvalue weighted by Crippen LogP contribution is -2.44. The minimum absolute atomic E-state index is 0.00376. The summed E-state index contributed by atoms with van der Waals surface area (Å²) in [6, 6.07) is 19.2. The second kappa shape index (κ2) is 11.3. The molecule has 0 aliphatic carbocycles. The molecule has 2 aromatic carbocycles. The van der Waals surface area contributed by atoms with Crippen LogP contribution in [0.25, 0.3) is 16.9 Å². The van der Waals surface area contributed by atoms with Crippen molar-refractivity contribution in [1.29, 1.82) is 0 Å². The SMILES string of the molecule is C[C@H]1COCCN1c1ccc(-c2nn3cccnc3c2C(=O)NC2N=C(c3ccccc3)c3cccc(F)c3NC2=O)cn1. The maximum Gasteiger partial charge on any atom is 0.269 e. The van der Waals surface area contributed by atoms with E-state index in [1.54, 1.807) is 36.8 Å². The highest BCUT2D eigenvalue weighted by Gasteiger charge is 2.31. The minimum atomic E-state index is -1.38. The number of rotatable bonds is 5. The molecule has 11 nitrogen and oxygen atoms in total. The van der Waals surface area contributed by atoms with Gasteiger partial charge in [-0.3, -0.25) is 9.59 Å². The lowest BCUT2D eigenvalue weighted by molar-refractivity contribution is -0.117. The van der Waals surface area contributed by atoms with E-state index in [-0.39, 0.29) is 17.3 Å². The van der Waals surface area contributed by atoms with Crippen molar-refractivity contribution in [3.63, 3.8) is 0 Å². The number of pyridine rings is 1. The van der Waals surface area contributed by atoms with E-state index in [1.807, 2.05) is 42.5 Å². The first kappa shape index (κ1) is 27.3. The third-order valence-corrected chi connectivity index (χ3v) is 7.64. The van der Waals surface area contributed by atoms with Crippen LogP contribution < -0.4 is 15.5 Å². The predicted octanol–water partition coefficient (Wildman–Crippen LogP) is 3.70. The maximum atomic E-state index is 14.9. The fraction of sp³-hybridized carbons (Fsp3) is 0.188. The molecule has 44 heavy (non-hydrogen) atoms. The summed E-state index contributed by atoms with van der Waals surface area (Å²) in [6.07, 6.45) is 3.53. The molecule has 2 aliphatic rings. The Balaban J connectivity index is 1.26. The summed E-state index contributed by atoms with van der Waals surface area (Å²) >= 11 is 0. The number of nitrogens with one attached hydrogen (secondary N) is 2. The highest BCUT2D eigenvalue weighted by Crippen LogP contribution is 2.29. The quantitative estimate of drug-likeness (QED) is 0.320. The van der Waals surface area contributed by atoms with Crippen LogP contribution in [-0.4, -0.2) is 69.1 Å². The average molecular weight is 591 g/mol. The number of benzodiazepines with no additional fused rings is 1. The molecule has 2 atom stereocenters. The lowest BCUT2D eigenvalue weighted by Gasteiger charge is -2.34. The van der Waals surface area contributed by atoms with Gasteiger partial charge < -0.3 is 20.3 Å². The Bertz CT molecular complexity index is 1910. The molecular formula is C32H27FN8O3. The maximum absolute atomic E-state index is 14.9. The van der Waals surface area contributed by atoms with Gasteiger partial charge in [-0.25, -0.2) is 23.9 Å². The van der Waals surface area contributed by atoms with Crippen molar-refractivity contribution in [3.05, 3.63) is 108 Å². The first-order valence-electron chi connectivity index (χ1n) is 14.2. The topological polar surface area (TPSA) is 126 Å². The lowest BCUT2D eigenvalue weighted by atomic mass is 10.0. The van der Waals surface area contributed by atoms with Gasteiger partial charge in [-0.2, -0.15) is 5.10 Å². The molecule has 7 rings (SSSR count). The number of aliphatic imine (C=N–C) groups is 1. The summed E-state index contributed by atoms with van der Waals surface area (Å²) in [5.74, 6) is -1.13. The summed E-state index contributed by atoms with van der Waals surface area (Å²) in [7, 11) is 0. The number of ether oxygens (including phenoxy) is 1. The van der Waals surface area contributed by atoms with Crippen molar-refractivity contribution >= 4 is 34.7 Å². The molecular weight excluding hydrogens is 563 g/mol. The van der Waals surface area contributed by atoms with E-state index in [1.165, 1.54) is 10.6 Å². The molecule has 1 unspecified atom stereocenters. The van der Waals surface area contributed by atoms with Gasteiger partial charge in [-0.05, 0) is 31.2 Å². The van der Waals surface area contributed by atoms with Crippen LogP contribution in [0.2, 0.25) is 0 Å². The summed E-state index contributed by atoms with van der Waals surface area (Å²) in [6.45, 7) is 4.04. The van der Waals surface area contributed by atoms with Gasteiger partial charge in [0.1, 0.15) is 22.9 Å². The molecule has 1 fully saturated rings. The van der Waals surface area contributed by atoms with Gasteiger partial charge in [0.15, 0.2) is 5.65 Å². The number of halogens is 1. The van der Waals surface area contributed by atoms with E-state index in [0.29, 0.717) is 47.0 Å². The number of aromatic nitrogens is 4. The number of carbonyl (C=O) groups is 2. The van der Waals surface area contributed by atoms with Crippen LogP contribution >= 0.6 is 0 Å². The van der Waals surface area contributed by atoms with Crippen LogP contribution in [0.3, 0.4) is 0 Å².